The van der Waals surface area contributed by atoms with E-state index in [1.165, 1.54) is 5.56 Å². The van der Waals surface area contributed by atoms with Crippen LogP contribution in [0.1, 0.15) is 47.7 Å². The molecule has 5 nitrogen and oxygen atoms in total. The summed E-state index contributed by atoms with van der Waals surface area (Å²) in [7, 11) is 0. The molecule has 158 valence electrons. The van der Waals surface area contributed by atoms with E-state index in [4.69, 9.17) is 4.74 Å². The number of benzene rings is 1. The molecule has 0 spiro atoms. The van der Waals surface area contributed by atoms with Gasteiger partial charge in [-0.2, -0.15) is 0 Å². The van der Waals surface area contributed by atoms with Gasteiger partial charge in [0.1, 0.15) is 12.3 Å². The van der Waals surface area contributed by atoms with Crippen molar-refractivity contribution in [3.8, 4) is 0 Å². The van der Waals surface area contributed by atoms with E-state index in [1.807, 2.05) is 37.3 Å². The van der Waals surface area contributed by atoms with E-state index < -0.39 is 5.67 Å². The first-order chi connectivity index (χ1) is 14.0. The monoisotopic (exact) mass is 401 g/mol. The van der Waals surface area contributed by atoms with Crippen molar-refractivity contribution in [1.29, 1.82) is 0 Å². The van der Waals surface area contributed by atoms with Crippen LogP contribution in [0.25, 0.3) is 0 Å². The summed E-state index contributed by atoms with van der Waals surface area (Å²) in [6, 6.07) is 5.86. The van der Waals surface area contributed by atoms with Crippen LogP contribution in [0, 0.1) is 6.92 Å². The molecule has 0 aromatic heterocycles. The molecule has 0 bridgehead atoms. The molecule has 2 aliphatic heterocycles. The second-order valence-corrected chi connectivity index (χ2v) is 7.87. The summed E-state index contributed by atoms with van der Waals surface area (Å²) in [6.07, 6.45) is 6.54. The Balaban J connectivity index is 1.40. The van der Waals surface area contributed by atoms with E-state index in [9.17, 15) is 4.79 Å². The Kier molecular flexibility index (Phi) is 7.42. The van der Waals surface area contributed by atoms with Crippen LogP contribution in [0.3, 0.4) is 0 Å². The Hall–Kier alpha value is -2.21. The fourth-order valence-electron chi connectivity index (χ4n) is 3.82. The smallest absolute Gasteiger partial charge is 0.253 e. The Labute approximate surface area is 173 Å². The average molecular weight is 402 g/mol. The summed E-state index contributed by atoms with van der Waals surface area (Å²) in [5.41, 5.74) is 1.81. The molecule has 1 saturated heterocycles. The molecule has 1 N–H and O–H groups in total. The zero-order chi connectivity index (χ0) is 20.7. The van der Waals surface area contributed by atoms with Crippen molar-refractivity contribution in [2.24, 2.45) is 4.99 Å². The first kappa shape index (κ1) is 21.5. The molecule has 1 amide bonds. The van der Waals surface area contributed by atoms with Gasteiger partial charge in [0.15, 0.2) is 0 Å². The maximum atomic E-state index is 15.1. The predicted molar refractivity (Wildman–Crippen MR) is 114 cm³/mol. The number of ether oxygens (including phenoxy) is 1. The fourth-order valence-corrected chi connectivity index (χ4v) is 3.82. The number of likely N-dealkylation sites (tertiary alicyclic amines) is 1. The standard InChI is InChI=1S/C23H32FN3O2/c1-3-19-7-8-20(16-18(19)2)22(28)27-13-9-23(24,10-14-27)17-25-12-15-29-21-6-4-5-11-26-21/h4,6-8,16,25H,3,5,9-15,17H2,1-2H3. The summed E-state index contributed by atoms with van der Waals surface area (Å²) >= 11 is 0. The Morgan fingerprint density at radius 1 is 1.34 bits per heavy atom. The maximum Gasteiger partial charge on any atom is 0.253 e. The van der Waals surface area contributed by atoms with Gasteiger partial charge in [0.2, 0.25) is 5.90 Å². The van der Waals surface area contributed by atoms with Crippen molar-refractivity contribution in [2.75, 3.05) is 39.3 Å². The van der Waals surface area contributed by atoms with Crippen molar-refractivity contribution in [1.82, 2.24) is 10.2 Å². The summed E-state index contributed by atoms with van der Waals surface area (Å²) in [5, 5.41) is 3.15. The first-order valence-corrected chi connectivity index (χ1v) is 10.6. The molecule has 6 heteroatoms. The van der Waals surface area contributed by atoms with Crippen molar-refractivity contribution in [3.05, 3.63) is 47.0 Å². The zero-order valence-corrected chi connectivity index (χ0v) is 17.5. The lowest BCUT2D eigenvalue weighted by Gasteiger charge is -2.36. The number of nitrogens with one attached hydrogen (secondary N) is 1. The molecule has 1 aromatic rings. The van der Waals surface area contributed by atoms with Crippen molar-refractivity contribution in [3.63, 3.8) is 0 Å². The Morgan fingerprint density at radius 3 is 2.79 bits per heavy atom. The summed E-state index contributed by atoms with van der Waals surface area (Å²) in [4.78, 5) is 18.8. The molecule has 2 aliphatic rings. The maximum absolute atomic E-state index is 15.1. The van der Waals surface area contributed by atoms with Crippen molar-refractivity contribution in [2.45, 2.75) is 45.2 Å². The average Bonchev–Trinajstić information content (AvgIpc) is 2.74. The predicted octanol–water partition coefficient (Wildman–Crippen LogP) is 3.47. The number of hydrogen-bond donors (Lipinski definition) is 1. The number of nitrogens with zero attached hydrogens (tertiary/aromatic N) is 2. The highest BCUT2D eigenvalue weighted by atomic mass is 19.1. The number of alkyl halides is 1. The second-order valence-electron chi connectivity index (χ2n) is 7.87. The lowest BCUT2D eigenvalue weighted by atomic mass is 9.92. The molecule has 1 fully saturated rings. The van der Waals surface area contributed by atoms with Crippen LogP contribution in [-0.2, 0) is 11.2 Å². The number of aryl methyl sites for hydroxylation is 2. The third-order valence-corrected chi connectivity index (χ3v) is 5.71. The third-order valence-electron chi connectivity index (χ3n) is 5.71. The minimum Gasteiger partial charge on any atom is -0.477 e. The molecule has 0 atom stereocenters. The van der Waals surface area contributed by atoms with Crippen LogP contribution in [0.5, 0.6) is 0 Å². The minimum absolute atomic E-state index is 0.000439. The second kappa shape index (κ2) is 10.0. The number of carbonyl (C=O) groups excluding carboxylic acids is 1. The van der Waals surface area contributed by atoms with Gasteiger partial charge in [-0.25, -0.2) is 4.39 Å². The van der Waals surface area contributed by atoms with Crippen LogP contribution in [0.15, 0.2) is 35.3 Å². The van der Waals surface area contributed by atoms with Gasteiger partial charge in [-0.1, -0.05) is 19.1 Å². The van der Waals surface area contributed by atoms with Gasteiger partial charge in [-0.15, -0.1) is 0 Å². The fraction of sp³-hybridized carbons (Fsp3) is 0.565. The Bertz CT molecular complexity index is 767. The normalized spacial score (nSPS) is 18.4. The minimum atomic E-state index is -1.28. The van der Waals surface area contributed by atoms with E-state index in [2.05, 4.69) is 17.2 Å². The van der Waals surface area contributed by atoms with Crippen LogP contribution in [0.2, 0.25) is 0 Å². The highest BCUT2D eigenvalue weighted by molar-refractivity contribution is 5.94. The summed E-state index contributed by atoms with van der Waals surface area (Å²) in [6.45, 7) is 7.13. The number of aliphatic imine (C=N–C) groups is 1. The zero-order valence-electron chi connectivity index (χ0n) is 17.5. The molecular weight excluding hydrogens is 369 g/mol. The molecule has 29 heavy (non-hydrogen) atoms. The van der Waals surface area contributed by atoms with Crippen molar-refractivity contribution < 1.29 is 13.9 Å². The molecular formula is C23H32FN3O2. The number of carbonyl (C=O) groups is 1. The van der Waals surface area contributed by atoms with Crippen LogP contribution in [0.4, 0.5) is 4.39 Å². The molecule has 3 rings (SSSR count). The molecule has 1 aromatic carbocycles. The van der Waals surface area contributed by atoms with Crippen LogP contribution < -0.4 is 5.32 Å². The number of hydrogen-bond acceptors (Lipinski definition) is 4. The van der Waals surface area contributed by atoms with Crippen molar-refractivity contribution >= 4 is 11.8 Å². The third kappa shape index (κ3) is 5.89. The lowest BCUT2D eigenvalue weighted by Crippen LogP contribution is -2.49. The highest BCUT2D eigenvalue weighted by Crippen LogP contribution is 2.27. The van der Waals surface area contributed by atoms with E-state index in [-0.39, 0.29) is 12.5 Å². The SMILES string of the molecule is CCc1ccc(C(=O)N2CCC(F)(CNCCOC3=NCCC=C3)CC2)cc1C. The van der Waals surface area contributed by atoms with E-state index >= 15 is 4.39 Å². The highest BCUT2D eigenvalue weighted by Gasteiger charge is 2.35. The van der Waals surface area contributed by atoms with E-state index in [0.717, 1.165) is 24.9 Å². The van der Waals surface area contributed by atoms with E-state index in [1.54, 1.807) is 4.90 Å². The van der Waals surface area contributed by atoms with Gasteiger partial charge in [-0.3, -0.25) is 9.79 Å². The largest absolute Gasteiger partial charge is 0.477 e. The molecule has 2 heterocycles. The molecule has 0 radical (unpaired) electrons. The molecule has 0 saturated carbocycles. The van der Waals surface area contributed by atoms with Gasteiger partial charge in [0, 0.05) is 51.1 Å². The number of amides is 1. The number of rotatable bonds is 7. The topological polar surface area (TPSA) is 53.9 Å². The van der Waals surface area contributed by atoms with Gasteiger partial charge >= 0.3 is 0 Å². The van der Waals surface area contributed by atoms with Gasteiger partial charge in [-0.05, 0) is 49.1 Å². The quantitative estimate of drug-likeness (QED) is 0.712. The van der Waals surface area contributed by atoms with Gasteiger partial charge in [0.25, 0.3) is 5.91 Å². The summed E-state index contributed by atoms with van der Waals surface area (Å²) in [5.74, 6) is 0.655. The lowest BCUT2D eigenvalue weighted by molar-refractivity contribution is 0.0433. The number of halogens is 1. The Morgan fingerprint density at radius 2 is 2.14 bits per heavy atom. The van der Waals surface area contributed by atoms with Crippen LogP contribution >= 0.6 is 0 Å². The molecule has 0 unspecified atom stereocenters. The summed E-state index contributed by atoms with van der Waals surface area (Å²) < 4.78 is 20.6. The first-order valence-electron chi connectivity index (χ1n) is 10.6. The molecule has 0 aliphatic carbocycles. The number of piperidine rings is 1. The van der Waals surface area contributed by atoms with Crippen LogP contribution in [-0.4, -0.2) is 61.7 Å². The van der Waals surface area contributed by atoms with Gasteiger partial charge in [0.05, 0.1) is 0 Å². The van der Waals surface area contributed by atoms with E-state index in [0.29, 0.717) is 50.5 Å². The number of dihydropyridines is 1. The van der Waals surface area contributed by atoms with Gasteiger partial charge < -0.3 is 15.0 Å².